The fraction of sp³-hybridized carbons (Fsp3) is 0.562. The second-order valence-electron chi connectivity index (χ2n) is 6.78. The standard InChI is InChI=1S/C16H23N5O4/c1-7-24-15(23)13-12(14(22)21(19-13)9(2)3)18-17-11-8-10(25-20-11)16(4,5)6/h8-9,22H,7H2,1-6H3/b18-17+. The van der Waals surface area contributed by atoms with Crippen molar-refractivity contribution in [2.45, 2.75) is 53.0 Å². The number of rotatable bonds is 5. The van der Waals surface area contributed by atoms with Gasteiger partial charge in [-0.05, 0) is 20.8 Å². The molecule has 0 radical (unpaired) electrons. The molecule has 2 heterocycles. The van der Waals surface area contributed by atoms with Crippen molar-refractivity contribution in [2.75, 3.05) is 6.61 Å². The monoisotopic (exact) mass is 349 g/mol. The molecule has 0 atom stereocenters. The molecule has 1 N–H and O–H groups in total. The third kappa shape index (κ3) is 4.04. The zero-order valence-electron chi connectivity index (χ0n) is 15.3. The highest BCUT2D eigenvalue weighted by Crippen LogP contribution is 2.35. The van der Waals surface area contributed by atoms with Gasteiger partial charge in [0.15, 0.2) is 5.69 Å². The SMILES string of the molecule is CCOC(=O)c1nn(C(C)C)c(O)c1/N=N/c1cc(C(C)(C)C)on1. The van der Waals surface area contributed by atoms with Gasteiger partial charge in [-0.1, -0.05) is 25.9 Å². The fourth-order valence-electron chi connectivity index (χ4n) is 1.97. The van der Waals surface area contributed by atoms with Crippen LogP contribution in [-0.2, 0) is 10.2 Å². The summed E-state index contributed by atoms with van der Waals surface area (Å²) in [7, 11) is 0. The van der Waals surface area contributed by atoms with Gasteiger partial charge < -0.3 is 14.4 Å². The lowest BCUT2D eigenvalue weighted by molar-refractivity contribution is 0.0519. The van der Waals surface area contributed by atoms with Gasteiger partial charge in [-0.2, -0.15) is 5.10 Å². The van der Waals surface area contributed by atoms with Gasteiger partial charge in [-0.3, -0.25) is 0 Å². The molecule has 25 heavy (non-hydrogen) atoms. The summed E-state index contributed by atoms with van der Waals surface area (Å²) in [5.74, 6) is -0.0615. The van der Waals surface area contributed by atoms with Crippen LogP contribution in [0.5, 0.6) is 5.88 Å². The summed E-state index contributed by atoms with van der Waals surface area (Å²) in [6, 6.07) is 1.48. The summed E-state index contributed by atoms with van der Waals surface area (Å²) in [6.07, 6.45) is 0. The predicted molar refractivity (Wildman–Crippen MR) is 89.6 cm³/mol. The quantitative estimate of drug-likeness (QED) is 0.643. The normalized spacial score (nSPS) is 12.3. The number of carbonyl (C=O) groups is 1. The van der Waals surface area contributed by atoms with E-state index < -0.39 is 5.97 Å². The van der Waals surface area contributed by atoms with Crippen molar-refractivity contribution in [3.8, 4) is 5.88 Å². The van der Waals surface area contributed by atoms with Gasteiger partial charge in [0, 0.05) is 11.5 Å². The van der Waals surface area contributed by atoms with E-state index in [2.05, 4.69) is 20.5 Å². The lowest BCUT2D eigenvalue weighted by atomic mass is 9.93. The van der Waals surface area contributed by atoms with Crippen molar-refractivity contribution >= 4 is 17.5 Å². The molecule has 0 saturated heterocycles. The number of esters is 1. The van der Waals surface area contributed by atoms with Crippen LogP contribution in [0, 0.1) is 0 Å². The smallest absolute Gasteiger partial charge is 0.361 e. The Balaban J connectivity index is 2.40. The number of aromatic nitrogens is 3. The summed E-state index contributed by atoms with van der Waals surface area (Å²) in [4.78, 5) is 12.1. The first-order valence-electron chi connectivity index (χ1n) is 8.02. The highest BCUT2D eigenvalue weighted by molar-refractivity contribution is 5.93. The molecule has 2 aromatic heterocycles. The molecular weight excluding hydrogens is 326 g/mol. The van der Waals surface area contributed by atoms with Gasteiger partial charge in [-0.25, -0.2) is 9.48 Å². The molecule has 2 aromatic rings. The van der Waals surface area contributed by atoms with E-state index in [1.165, 1.54) is 4.68 Å². The highest BCUT2D eigenvalue weighted by Gasteiger charge is 2.26. The van der Waals surface area contributed by atoms with E-state index in [4.69, 9.17) is 9.26 Å². The molecule has 0 spiro atoms. The minimum atomic E-state index is -0.679. The van der Waals surface area contributed by atoms with Crippen molar-refractivity contribution in [3.63, 3.8) is 0 Å². The number of carbonyl (C=O) groups excluding carboxylic acids is 1. The summed E-state index contributed by atoms with van der Waals surface area (Å²) in [6.45, 7) is 11.4. The Morgan fingerprint density at radius 3 is 2.60 bits per heavy atom. The van der Waals surface area contributed by atoms with Crippen molar-refractivity contribution in [3.05, 3.63) is 17.5 Å². The second-order valence-corrected chi connectivity index (χ2v) is 6.78. The number of hydrogen-bond acceptors (Lipinski definition) is 8. The van der Waals surface area contributed by atoms with Crippen LogP contribution in [0.1, 0.15) is 63.8 Å². The third-order valence-electron chi connectivity index (χ3n) is 3.31. The first-order chi connectivity index (χ1) is 11.6. The lowest BCUT2D eigenvalue weighted by Gasteiger charge is -2.11. The maximum Gasteiger partial charge on any atom is 0.361 e. The molecular formula is C16H23N5O4. The van der Waals surface area contributed by atoms with Gasteiger partial charge in [0.2, 0.25) is 17.4 Å². The maximum absolute atomic E-state index is 12.1. The predicted octanol–water partition coefficient (Wildman–Crippen LogP) is 4.05. The van der Waals surface area contributed by atoms with Crippen LogP contribution in [0.15, 0.2) is 20.8 Å². The minimum Gasteiger partial charge on any atom is -0.492 e. The largest absolute Gasteiger partial charge is 0.492 e. The van der Waals surface area contributed by atoms with E-state index in [9.17, 15) is 9.90 Å². The second kappa shape index (κ2) is 7.04. The maximum atomic E-state index is 12.1. The molecule has 9 heteroatoms. The molecule has 9 nitrogen and oxygen atoms in total. The van der Waals surface area contributed by atoms with E-state index in [0.29, 0.717) is 5.76 Å². The number of ether oxygens (including phenoxy) is 1. The average molecular weight is 349 g/mol. The molecule has 0 amide bonds. The number of nitrogens with zero attached hydrogens (tertiary/aromatic N) is 5. The molecule has 0 aliphatic heterocycles. The van der Waals surface area contributed by atoms with Crippen LogP contribution in [0.25, 0.3) is 0 Å². The number of aromatic hydroxyl groups is 1. The molecule has 0 saturated carbocycles. The molecule has 0 aliphatic carbocycles. The van der Waals surface area contributed by atoms with Crippen molar-refractivity contribution in [2.24, 2.45) is 10.2 Å². The molecule has 0 bridgehead atoms. The summed E-state index contributed by atoms with van der Waals surface area (Å²) >= 11 is 0. The van der Waals surface area contributed by atoms with Crippen molar-refractivity contribution < 1.29 is 19.2 Å². The van der Waals surface area contributed by atoms with Gasteiger partial charge in [0.25, 0.3) is 0 Å². The Labute approximate surface area is 145 Å². The Bertz CT molecular complexity index is 783. The topological polar surface area (TPSA) is 115 Å². The molecule has 0 fully saturated rings. The highest BCUT2D eigenvalue weighted by atomic mass is 16.5. The molecule has 0 aromatic carbocycles. The summed E-state index contributed by atoms with van der Waals surface area (Å²) in [5.41, 5.74) is -0.384. The van der Waals surface area contributed by atoms with Crippen LogP contribution < -0.4 is 0 Å². The van der Waals surface area contributed by atoms with Crippen molar-refractivity contribution in [1.29, 1.82) is 0 Å². The molecule has 136 valence electrons. The zero-order valence-corrected chi connectivity index (χ0v) is 15.3. The first-order valence-corrected chi connectivity index (χ1v) is 8.02. The van der Waals surface area contributed by atoms with Crippen LogP contribution >= 0.6 is 0 Å². The average Bonchev–Trinajstić information content (AvgIpc) is 3.10. The van der Waals surface area contributed by atoms with Crippen LogP contribution in [0.4, 0.5) is 11.5 Å². The van der Waals surface area contributed by atoms with Crippen LogP contribution in [0.3, 0.4) is 0 Å². The molecule has 0 aliphatic rings. The van der Waals surface area contributed by atoms with E-state index in [-0.39, 0.29) is 41.1 Å². The first kappa shape index (κ1) is 18.6. The number of azo groups is 1. The van der Waals surface area contributed by atoms with E-state index >= 15 is 0 Å². The zero-order chi connectivity index (χ0) is 18.8. The fourth-order valence-corrected chi connectivity index (χ4v) is 1.97. The van der Waals surface area contributed by atoms with Gasteiger partial charge in [-0.15, -0.1) is 10.2 Å². The van der Waals surface area contributed by atoms with Gasteiger partial charge in [0.05, 0.1) is 12.6 Å². The van der Waals surface area contributed by atoms with Crippen molar-refractivity contribution in [1.82, 2.24) is 14.9 Å². The van der Waals surface area contributed by atoms with E-state index in [1.54, 1.807) is 13.0 Å². The Hall–Kier alpha value is -2.71. The Kier molecular flexibility index (Phi) is 5.24. The minimum absolute atomic E-state index is 0.0625. The van der Waals surface area contributed by atoms with Crippen LogP contribution in [0.2, 0.25) is 0 Å². The lowest BCUT2D eigenvalue weighted by Crippen LogP contribution is -2.08. The van der Waals surface area contributed by atoms with Crippen LogP contribution in [-0.4, -0.2) is 32.6 Å². The Morgan fingerprint density at radius 2 is 2.08 bits per heavy atom. The number of hydrogen-bond donors (Lipinski definition) is 1. The summed E-state index contributed by atoms with van der Waals surface area (Å²) < 4.78 is 11.5. The third-order valence-corrected chi connectivity index (χ3v) is 3.31. The van der Waals surface area contributed by atoms with Gasteiger partial charge in [0.1, 0.15) is 5.76 Å². The Morgan fingerprint density at radius 1 is 1.40 bits per heavy atom. The van der Waals surface area contributed by atoms with Gasteiger partial charge >= 0.3 is 5.97 Å². The molecule has 2 rings (SSSR count). The van der Waals surface area contributed by atoms with E-state index in [0.717, 1.165) is 0 Å². The van der Waals surface area contributed by atoms with E-state index in [1.807, 2.05) is 34.6 Å². The molecule has 0 unspecified atom stereocenters. The summed E-state index contributed by atoms with van der Waals surface area (Å²) in [5, 5.41) is 26.1.